The lowest BCUT2D eigenvalue weighted by Crippen LogP contribution is -2.28. The van der Waals surface area contributed by atoms with E-state index in [-0.39, 0.29) is 24.9 Å². The molecule has 0 unspecified atom stereocenters. The molecule has 4 nitrogen and oxygen atoms in total. The Bertz CT molecular complexity index is 796. The summed E-state index contributed by atoms with van der Waals surface area (Å²) in [6.07, 6.45) is 4.88. The molecule has 1 aliphatic rings. The number of carbonyl (C=O) groups is 2. The van der Waals surface area contributed by atoms with E-state index in [0.29, 0.717) is 19.4 Å². The van der Waals surface area contributed by atoms with Crippen LogP contribution in [0.25, 0.3) is 0 Å². The Morgan fingerprint density at radius 1 is 1.00 bits per heavy atom. The number of carbonyl (C=O) groups excluding carboxylic acids is 2. The molecule has 1 N–H and O–H groups in total. The van der Waals surface area contributed by atoms with Crippen LogP contribution in [0.15, 0.2) is 42.5 Å². The van der Waals surface area contributed by atoms with E-state index in [0.717, 1.165) is 24.0 Å². The second-order valence-corrected chi connectivity index (χ2v) is 7.19. The van der Waals surface area contributed by atoms with Crippen molar-refractivity contribution < 1.29 is 14.3 Å². The third-order valence-corrected chi connectivity index (χ3v) is 4.96. The molecule has 4 heteroatoms. The Morgan fingerprint density at radius 2 is 1.74 bits per heavy atom. The lowest BCUT2D eigenvalue weighted by Gasteiger charge is -2.08. The number of ether oxygens (including phenoxy) is 1. The summed E-state index contributed by atoms with van der Waals surface area (Å²) in [5, 5.41) is 2.80. The van der Waals surface area contributed by atoms with Crippen LogP contribution in [0.3, 0.4) is 0 Å². The van der Waals surface area contributed by atoms with Crippen molar-refractivity contribution in [3.8, 4) is 0 Å². The Kier molecular flexibility index (Phi) is 6.64. The SMILES string of the molecule is Cc1ccc(CCC(=O)NCCOC(=O)Cc2ccc3c(c2)CCC3)cc1. The summed E-state index contributed by atoms with van der Waals surface area (Å²) in [5.41, 5.74) is 6.13. The zero-order valence-corrected chi connectivity index (χ0v) is 15.9. The number of rotatable bonds is 8. The van der Waals surface area contributed by atoms with Gasteiger partial charge in [-0.15, -0.1) is 0 Å². The second kappa shape index (κ2) is 9.36. The zero-order chi connectivity index (χ0) is 19.1. The molecule has 1 aliphatic carbocycles. The summed E-state index contributed by atoms with van der Waals surface area (Å²) in [6.45, 7) is 2.60. The number of benzene rings is 2. The van der Waals surface area contributed by atoms with E-state index in [1.54, 1.807) is 0 Å². The van der Waals surface area contributed by atoms with Gasteiger partial charge in [-0.25, -0.2) is 0 Å². The molecule has 142 valence electrons. The lowest BCUT2D eigenvalue weighted by atomic mass is 10.0. The molecule has 0 saturated carbocycles. The van der Waals surface area contributed by atoms with Gasteiger partial charge in [0.25, 0.3) is 0 Å². The molecule has 0 atom stereocenters. The number of hydrogen-bond donors (Lipinski definition) is 1. The molecule has 3 rings (SSSR count). The first-order valence-corrected chi connectivity index (χ1v) is 9.69. The Labute approximate surface area is 160 Å². The summed E-state index contributed by atoms with van der Waals surface area (Å²) in [5.74, 6) is -0.271. The summed E-state index contributed by atoms with van der Waals surface area (Å²) < 4.78 is 5.24. The van der Waals surface area contributed by atoms with Gasteiger partial charge in [-0.3, -0.25) is 9.59 Å². The second-order valence-electron chi connectivity index (χ2n) is 7.19. The van der Waals surface area contributed by atoms with Crippen molar-refractivity contribution in [3.63, 3.8) is 0 Å². The Hall–Kier alpha value is -2.62. The molecule has 0 aliphatic heterocycles. The fourth-order valence-electron chi connectivity index (χ4n) is 3.41. The van der Waals surface area contributed by atoms with Crippen LogP contribution in [0, 0.1) is 6.92 Å². The van der Waals surface area contributed by atoms with Crippen LogP contribution in [0.4, 0.5) is 0 Å². The van der Waals surface area contributed by atoms with E-state index in [1.165, 1.54) is 23.1 Å². The van der Waals surface area contributed by atoms with Crippen molar-refractivity contribution >= 4 is 11.9 Å². The van der Waals surface area contributed by atoms with E-state index in [9.17, 15) is 9.59 Å². The number of fused-ring (bicyclic) bond motifs is 1. The number of hydrogen-bond acceptors (Lipinski definition) is 3. The molecule has 27 heavy (non-hydrogen) atoms. The molecule has 0 spiro atoms. The van der Waals surface area contributed by atoms with Crippen molar-refractivity contribution in [1.82, 2.24) is 5.32 Å². The Morgan fingerprint density at radius 3 is 2.56 bits per heavy atom. The highest BCUT2D eigenvalue weighted by Gasteiger charge is 2.12. The maximum Gasteiger partial charge on any atom is 0.310 e. The van der Waals surface area contributed by atoms with E-state index < -0.39 is 0 Å². The van der Waals surface area contributed by atoms with Gasteiger partial charge in [-0.1, -0.05) is 48.0 Å². The predicted octanol–water partition coefficient (Wildman–Crippen LogP) is 3.32. The van der Waals surface area contributed by atoms with Crippen LogP contribution >= 0.6 is 0 Å². The fourth-order valence-corrected chi connectivity index (χ4v) is 3.41. The van der Waals surface area contributed by atoms with Gasteiger partial charge in [0.1, 0.15) is 6.61 Å². The van der Waals surface area contributed by atoms with E-state index in [4.69, 9.17) is 4.74 Å². The number of nitrogens with one attached hydrogen (secondary N) is 1. The quantitative estimate of drug-likeness (QED) is 0.577. The monoisotopic (exact) mass is 365 g/mol. The molecule has 0 aromatic heterocycles. The number of esters is 1. The van der Waals surface area contributed by atoms with Gasteiger partial charge in [-0.05, 0) is 54.9 Å². The first-order valence-electron chi connectivity index (χ1n) is 9.69. The van der Waals surface area contributed by atoms with Crippen molar-refractivity contribution in [2.75, 3.05) is 13.2 Å². The maximum atomic E-state index is 12.0. The van der Waals surface area contributed by atoms with E-state index in [2.05, 4.69) is 17.4 Å². The maximum absolute atomic E-state index is 12.0. The van der Waals surface area contributed by atoms with Gasteiger partial charge in [0.15, 0.2) is 0 Å². The molecule has 0 saturated heterocycles. The third kappa shape index (κ3) is 5.95. The average molecular weight is 365 g/mol. The highest BCUT2D eigenvalue weighted by Crippen LogP contribution is 2.23. The van der Waals surface area contributed by atoms with E-state index in [1.807, 2.05) is 37.3 Å². The summed E-state index contributed by atoms with van der Waals surface area (Å²) in [6, 6.07) is 14.4. The normalized spacial score (nSPS) is 12.5. The van der Waals surface area contributed by atoms with Crippen LogP contribution in [0.1, 0.15) is 40.7 Å². The van der Waals surface area contributed by atoms with Crippen molar-refractivity contribution in [3.05, 3.63) is 70.3 Å². The highest BCUT2D eigenvalue weighted by molar-refractivity contribution is 5.76. The molecular weight excluding hydrogens is 338 g/mol. The smallest absolute Gasteiger partial charge is 0.310 e. The standard InChI is InChI=1S/C23H27NO3/c1-17-5-7-18(8-6-17)10-12-22(25)24-13-14-27-23(26)16-19-9-11-20-3-2-4-21(20)15-19/h5-9,11,15H,2-4,10,12-14,16H2,1H3,(H,24,25). The summed E-state index contributed by atoms with van der Waals surface area (Å²) >= 11 is 0. The minimum Gasteiger partial charge on any atom is -0.464 e. The van der Waals surface area contributed by atoms with Gasteiger partial charge in [-0.2, -0.15) is 0 Å². The fraction of sp³-hybridized carbons (Fsp3) is 0.391. The first kappa shape index (κ1) is 19.2. The van der Waals surface area contributed by atoms with Gasteiger partial charge < -0.3 is 10.1 Å². The third-order valence-electron chi connectivity index (χ3n) is 4.96. The number of aryl methyl sites for hydroxylation is 4. The van der Waals surface area contributed by atoms with Crippen LogP contribution in [-0.4, -0.2) is 25.0 Å². The Balaban J connectivity index is 1.30. The minimum absolute atomic E-state index is 0.0229. The highest BCUT2D eigenvalue weighted by atomic mass is 16.5. The molecule has 0 heterocycles. The zero-order valence-electron chi connectivity index (χ0n) is 15.9. The van der Waals surface area contributed by atoms with E-state index >= 15 is 0 Å². The average Bonchev–Trinajstić information content (AvgIpc) is 3.12. The summed E-state index contributed by atoms with van der Waals surface area (Å²) in [7, 11) is 0. The molecule has 0 fully saturated rings. The summed E-state index contributed by atoms with van der Waals surface area (Å²) in [4.78, 5) is 23.8. The van der Waals surface area contributed by atoms with Crippen LogP contribution in [0.5, 0.6) is 0 Å². The first-order chi connectivity index (χ1) is 13.1. The largest absolute Gasteiger partial charge is 0.464 e. The number of amides is 1. The van der Waals surface area contributed by atoms with Gasteiger partial charge >= 0.3 is 5.97 Å². The van der Waals surface area contributed by atoms with Crippen LogP contribution < -0.4 is 5.32 Å². The van der Waals surface area contributed by atoms with Crippen molar-refractivity contribution in [2.45, 2.75) is 45.4 Å². The molecular formula is C23H27NO3. The molecule has 1 amide bonds. The molecule has 2 aromatic carbocycles. The molecule has 0 bridgehead atoms. The molecule has 0 radical (unpaired) electrons. The van der Waals surface area contributed by atoms with Gasteiger partial charge in [0.2, 0.25) is 5.91 Å². The van der Waals surface area contributed by atoms with Crippen molar-refractivity contribution in [2.24, 2.45) is 0 Å². The van der Waals surface area contributed by atoms with Crippen LogP contribution in [0.2, 0.25) is 0 Å². The minimum atomic E-state index is -0.248. The van der Waals surface area contributed by atoms with Gasteiger partial charge in [0, 0.05) is 6.42 Å². The lowest BCUT2D eigenvalue weighted by molar-refractivity contribution is -0.143. The van der Waals surface area contributed by atoms with Gasteiger partial charge in [0.05, 0.1) is 13.0 Å². The van der Waals surface area contributed by atoms with Crippen LogP contribution in [-0.2, 0) is 40.0 Å². The molecule has 2 aromatic rings. The topological polar surface area (TPSA) is 55.4 Å². The van der Waals surface area contributed by atoms with Crippen molar-refractivity contribution in [1.29, 1.82) is 0 Å². The predicted molar refractivity (Wildman–Crippen MR) is 106 cm³/mol.